The Balaban J connectivity index is 0.00000264. The number of nitrogens with zero attached hydrogens (tertiary/aromatic N) is 2. The van der Waals surface area contributed by atoms with Crippen molar-refractivity contribution in [2.24, 2.45) is 0 Å². The van der Waals surface area contributed by atoms with Crippen molar-refractivity contribution in [2.45, 2.75) is 12.0 Å². The van der Waals surface area contributed by atoms with Gasteiger partial charge >= 0.3 is 0 Å². The van der Waals surface area contributed by atoms with E-state index in [1.165, 1.54) is 11.0 Å². The molecular weight excluding hydrogens is 355 g/mol. The van der Waals surface area contributed by atoms with Crippen LogP contribution < -0.4 is 5.32 Å². The van der Waals surface area contributed by atoms with Gasteiger partial charge in [-0.1, -0.05) is 11.6 Å². The lowest BCUT2D eigenvalue weighted by Gasteiger charge is -2.39. The van der Waals surface area contributed by atoms with Gasteiger partial charge in [0.1, 0.15) is 12.6 Å². The number of nitrogens with one attached hydrogen (secondary N) is 1. The zero-order valence-corrected chi connectivity index (χ0v) is 13.6. The van der Waals surface area contributed by atoms with Crippen LogP contribution in [0, 0.1) is 10.1 Å². The maximum atomic E-state index is 14.3. The molecule has 0 amide bonds. The van der Waals surface area contributed by atoms with Crippen molar-refractivity contribution < 1.29 is 18.8 Å². The number of hydrogen-bond acceptors (Lipinski definition) is 5. The molecule has 1 saturated heterocycles. The van der Waals surface area contributed by atoms with Gasteiger partial charge in [-0.25, -0.2) is 8.78 Å². The zero-order chi connectivity index (χ0) is 16.3. The molecule has 1 aromatic rings. The molecule has 130 valence electrons. The number of halogens is 4. The fourth-order valence-corrected chi connectivity index (χ4v) is 2.79. The van der Waals surface area contributed by atoms with Gasteiger partial charge in [-0.15, -0.1) is 12.4 Å². The summed E-state index contributed by atoms with van der Waals surface area (Å²) in [6.07, 6.45) is 0. The third-order valence-electron chi connectivity index (χ3n) is 3.61. The molecule has 23 heavy (non-hydrogen) atoms. The molecule has 1 atom stereocenters. The van der Waals surface area contributed by atoms with Crippen LogP contribution in [0.5, 0.6) is 0 Å². The van der Waals surface area contributed by atoms with Gasteiger partial charge in [-0.05, 0) is 6.07 Å². The van der Waals surface area contributed by atoms with E-state index in [2.05, 4.69) is 5.32 Å². The summed E-state index contributed by atoms with van der Waals surface area (Å²) < 4.78 is 28.5. The number of aliphatic hydroxyl groups excluding tert-OH is 1. The van der Waals surface area contributed by atoms with E-state index in [-0.39, 0.29) is 28.7 Å². The van der Waals surface area contributed by atoms with E-state index in [9.17, 15) is 18.9 Å². The van der Waals surface area contributed by atoms with Gasteiger partial charge in [0.15, 0.2) is 0 Å². The number of piperazine rings is 1. The summed E-state index contributed by atoms with van der Waals surface area (Å²) in [5, 5.41) is 23.0. The molecule has 1 fully saturated rings. The Morgan fingerprint density at radius 3 is 2.57 bits per heavy atom. The number of rotatable bonds is 5. The Kier molecular flexibility index (Phi) is 7.09. The summed E-state index contributed by atoms with van der Waals surface area (Å²) in [4.78, 5) is 11.7. The van der Waals surface area contributed by atoms with Crippen LogP contribution in [0.25, 0.3) is 0 Å². The summed E-state index contributed by atoms with van der Waals surface area (Å²) in [5.41, 5.74) is -0.356. The molecule has 1 aromatic carbocycles. The molecule has 1 heterocycles. The molecular formula is C13H17Cl2F2N3O3. The number of aliphatic hydroxyl groups is 1. The Morgan fingerprint density at radius 1 is 1.43 bits per heavy atom. The lowest BCUT2D eigenvalue weighted by atomic mass is 9.97. The highest BCUT2D eigenvalue weighted by Gasteiger charge is 2.45. The molecule has 0 saturated carbocycles. The Labute approximate surface area is 143 Å². The van der Waals surface area contributed by atoms with Gasteiger partial charge < -0.3 is 10.4 Å². The molecule has 0 aromatic heterocycles. The summed E-state index contributed by atoms with van der Waals surface area (Å²) in [7, 11) is 0. The van der Waals surface area contributed by atoms with Crippen molar-refractivity contribution in [2.75, 3.05) is 32.8 Å². The number of benzene rings is 1. The van der Waals surface area contributed by atoms with Crippen LogP contribution in [-0.4, -0.2) is 53.6 Å². The predicted molar refractivity (Wildman–Crippen MR) is 84.6 cm³/mol. The Hall–Kier alpha value is -1.06. The highest BCUT2D eigenvalue weighted by Crippen LogP contribution is 2.40. The molecule has 1 aliphatic rings. The van der Waals surface area contributed by atoms with E-state index in [0.29, 0.717) is 26.2 Å². The minimum atomic E-state index is -3.46. The molecule has 10 heteroatoms. The highest BCUT2D eigenvalue weighted by atomic mass is 35.5. The van der Waals surface area contributed by atoms with Crippen LogP contribution in [0.15, 0.2) is 18.2 Å². The first-order chi connectivity index (χ1) is 10.4. The first-order valence-electron chi connectivity index (χ1n) is 6.74. The summed E-state index contributed by atoms with van der Waals surface area (Å²) in [6, 6.07) is 1.94. The van der Waals surface area contributed by atoms with Gasteiger partial charge in [-0.2, -0.15) is 0 Å². The average molecular weight is 372 g/mol. The maximum Gasteiger partial charge on any atom is 0.289 e. The number of nitro benzene ring substituents is 1. The minimum Gasteiger partial charge on any atom is -0.390 e. The molecule has 2 rings (SSSR count). The molecule has 0 bridgehead atoms. The lowest BCUT2D eigenvalue weighted by Crippen LogP contribution is -2.51. The normalized spacial score (nSPS) is 17.4. The quantitative estimate of drug-likeness (QED) is 0.612. The first-order valence-corrected chi connectivity index (χ1v) is 7.12. The van der Waals surface area contributed by atoms with Crippen molar-refractivity contribution in [3.05, 3.63) is 38.9 Å². The van der Waals surface area contributed by atoms with E-state index in [4.69, 9.17) is 16.7 Å². The van der Waals surface area contributed by atoms with E-state index < -0.39 is 23.5 Å². The molecule has 2 N–H and O–H groups in total. The maximum absolute atomic E-state index is 14.3. The van der Waals surface area contributed by atoms with Crippen LogP contribution in [0.1, 0.15) is 11.6 Å². The average Bonchev–Trinajstić information content (AvgIpc) is 2.50. The number of alkyl halides is 2. The minimum absolute atomic E-state index is 0. The lowest BCUT2D eigenvalue weighted by molar-refractivity contribution is -0.385. The second-order valence-electron chi connectivity index (χ2n) is 5.07. The Bertz CT molecular complexity index is 557. The van der Waals surface area contributed by atoms with Crippen LogP contribution >= 0.6 is 24.0 Å². The van der Waals surface area contributed by atoms with Crippen LogP contribution in [-0.2, 0) is 0 Å². The number of hydrogen-bond donors (Lipinski definition) is 2. The third kappa shape index (κ3) is 4.48. The summed E-state index contributed by atoms with van der Waals surface area (Å²) in [5.74, 6) is -3.46. The van der Waals surface area contributed by atoms with Gasteiger partial charge in [0.05, 0.1) is 4.92 Å². The summed E-state index contributed by atoms with van der Waals surface area (Å²) in [6.45, 7) is 0.342. The van der Waals surface area contributed by atoms with Gasteiger partial charge in [0, 0.05) is 48.9 Å². The second-order valence-corrected chi connectivity index (χ2v) is 5.48. The van der Waals surface area contributed by atoms with E-state index >= 15 is 0 Å². The van der Waals surface area contributed by atoms with Crippen molar-refractivity contribution >= 4 is 29.7 Å². The summed E-state index contributed by atoms with van der Waals surface area (Å²) >= 11 is 6.00. The SMILES string of the molecule is Cl.O=[N+]([O-])c1ccc(Cl)c([C@H](N2CCNCC2)C(F)(F)CO)c1. The molecule has 6 nitrogen and oxygen atoms in total. The van der Waals surface area contributed by atoms with Gasteiger partial charge in [0.2, 0.25) is 0 Å². The monoisotopic (exact) mass is 371 g/mol. The predicted octanol–water partition coefficient (Wildman–Crippen LogP) is 2.24. The largest absolute Gasteiger partial charge is 0.390 e. The zero-order valence-electron chi connectivity index (χ0n) is 12.0. The van der Waals surface area contributed by atoms with Crippen LogP contribution in [0.2, 0.25) is 5.02 Å². The highest BCUT2D eigenvalue weighted by molar-refractivity contribution is 6.31. The molecule has 0 unspecified atom stereocenters. The number of non-ortho nitro benzene ring substituents is 1. The van der Waals surface area contributed by atoms with E-state index in [1.54, 1.807) is 0 Å². The second kappa shape index (κ2) is 8.16. The van der Waals surface area contributed by atoms with Crippen LogP contribution in [0.3, 0.4) is 0 Å². The van der Waals surface area contributed by atoms with Gasteiger partial charge in [-0.3, -0.25) is 15.0 Å². The van der Waals surface area contributed by atoms with Gasteiger partial charge in [0.25, 0.3) is 11.6 Å². The number of nitro groups is 1. The fourth-order valence-electron chi connectivity index (χ4n) is 2.57. The first kappa shape index (κ1) is 20.0. The smallest absolute Gasteiger partial charge is 0.289 e. The Morgan fingerprint density at radius 2 is 2.04 bits per heavy atom. The third-order valence-corrected chi connectivity index (χ3v) is 3.96. The van der Waals surface area contributed by atoms with Crippen LogP contribution in [0.4, 0.5) is 14.5 Å². The van der Waals surface area contributed by atoms with Crippen molar-refractivity contribution in [1.82, 2.24) is 10.2 Å². The van der Waals surface area contributed by atoms with E-state index in [0.717, 1.165) is 12.1 Å². The standard InChI is InChI=1S/C13H16ClF2N3O3.ClH/c14-11-2-1-9(19(21)22)7-10(11)12(13(15,16)8-20)18-5-3-17-4-6-18;/h1-2,7,12,17,20H,3-6,8H2;1H/t12-;/m0./s1. The molecule has 1 aliphatic heterocycles. The topological polar surface area (TPSA) is 78.6 Å². The van der Waals surface area contributed by atoms with Crippen molar-refractivity contribution in [3.63, 3.8) is 0 Å². The fraction of sp³-hybridized carbons (Fsp3) is 0.538. The molecule has 0 spiro atoms. The van der Waals surface area contributed by atoms with Crippen molar-refractivity contribution in [1.29, 1.82) is 0 Å². The molecule has 0 radical (unpaired) electrons. The van der Waals surface area contributed by atoms with E-state index in [1.807, 2.05) is 0 Å². The van der Waals surface area contributed by atoms with Crippen molar-refractivity contribution in [3.8, 4) is 0 Å². The molecule has 0 aliphatic carbocycles.